The summed E-state index contributed by atoms with van der Waals surface area (Å²) in [5, 5.41) is 9.01. The van der Waals surface area contributed by atoms with E-state index in [9.17, 15) is 4.79 Å². The van der Waals surface area contributed by atoms with E-state index in [0.717, 1.165) is 45.6 Å². The van der Waals surface area contributed by atoms with Crippen LogP contribution in [0.4, 0.5) is 0 Å². The van der Waals surface area contributed by atoms with Crippen LogP contribution in [0.15, 0.2) is 4.99 Å². The average molecular weight is 286 g/mol. The Morgan fingerprint density at radius 1 is 1.00 bits per heavy atom. The van der Waals surface area contributed by atoms with Crippen molar-refractivity contribution in [2.24, 2.45) is 4.99 Å². The highest BCUT2D eigenvalue weighted by Gasteiger charge is 2.00. The Morgan fingerprint density at radius 3 is 2.35 bits per heavy atom. The molecule has 6 heteroatoms. The van der Waals surface area contributed by atoms with Gasteiger partial charge in [-0.1, -0.05) is 13.3 Å². The van der Waals surface area contributed by atoms with Gasteiger partial charge in [0.05, 0.1) is 0 Å². The molecule has 0 saturated heterocycles. The number of carbonyl (C=O) groups excluding carboxylic acids is 1. The standard InChI is InChI=1S/C14H30N4O2/c1-4-7-10-20-11-8-9-17-14(16-6-3)18-12-13(19)15-5-2/h4-12H2,1-3H3,(H,15,19)(H2,16,17,18). The SMILES string of the molecule is CCCCOCCCNC(=NCC(=O)NCC)NCC. The van der Waals surface area contributed by atoms with Crippen LogP contribution in [0.5, 0.6) is 0 Å². The second kappa shape index (κ2) is 14.1. The average Bonchev–Trinajstić information content (AvgIpc) is 2.44. The van der Waals surface area contributed by atoms with Crippen molar-refractivity contribution in [2.45, 2.75) is 40.0 Å². The summed E-state index contributed by atoms with van der Waals surface area (Å²) >= 11 is 0. The van der Waals surface area contributed by atoms with Crippen molar-refractivity contribution in [1.29, 1.82) is 0 Å². The summed E-state index contributed by atoms with van der Waals surface area (Å²) < 4.78 is 5.48. The van der Waals surface area contributed by atoms with Gasteiger partial charge in [0.1, 0.15) is 6.54 Å². The number of hydrogen-bond acceptors (Lipinski definition) is 3. The molecule has 0 bridgehead atoms. The van der Waals surface area contributed by atoms with Crippen molar-refractivity contribution in [3.63, 3.8) is 0 Å². The van der Waals surface area contributed by atoms with Gasteiger partial charge in [0, 0.05) is 32.8 Å². The predicted octanol–water partition coefficient (Wildman–Crippen LogP) is 0.884. The number of ether oxygens (including phenoxy) is 1. The van der Waals surface area contributed by atoms with Crippen molar-refractivity contribution in [3.05, 3.63) is 0 Å². The fraction of sp³-hybridized carbons (Fsp3) is 0.857. The summed E-state index contributed by atoms with van der Waals surface area (Å²) in [4.78, 5) is 15.6. The molecule has 0 aromatic heterocycles. The molecule has 0 aliphatic carbocycles. The fourth-order valence-electron chi connectivity index (χ4n) is 1.48. The highest BCUT2D eigenvalue weighted by molar-refractivity contribution is 5.84. The van der Waals surface area contributed by atoms with Crippen molar-refractivity contribution in [1.82, 2.24) is 16.0 Å². The molecule has 0 heterocycles. The number of unbranched alkanes of at least 4 members (excludes halogenated alkanes) is 1. The molecule has 3 N–H and O–H groups in total. The Morgan fingerprint density at radius 2 is 1.70 bits per heavy atom. The Labute approximate surface area is 122 Å². The van der Waals surface area contributed by atoms with Crippen LogP contribution >= 0.6 is 0 Å². The molecule has 0 aliphatic rings. The molecule has 0 saturated carbocycles. The normalized spacial score (nSPS) is 11.2. The van der Waals surface area contributed by atoms with E-state index in [1.54, 1.807) is 0 Å². The largest absolute Gasteiger partial charge is 0.381 e. The van der Waals surface area contributed by atoms with E-state index in [1.165, 1.54) is 0 Å². The second-order valence-corrected chi connectivity index (χ2v) is 4.39. The molecule has 0 radical (unpaired) electrons. The van der Waals surface area contributed by atoms with Crippen LogP contribution in [0, 0.1) is 0 Å². The predicted molar refractivity (Wildman–Crippen MR) is 83.0 cm³/mol. The number of carbonyl (C=O) groups is 1. The Hall–Kier alpha value is -1.30. The van der Waals surface area contributed by atoms with Gasteiger partial charge in [-0.2, -0.15) is 0 Å². The quantitative estimate of drug-likeness (QED) is 0.299. The first kappa shape index (κ1) is 18.7. The van der Waals surface area contributed by atoms with E-state index in [1.807, 2.05) is 13.8 Å². The zero-order valence-corrected chi connectivity index (χ0v) is 13.1. The lowest BCUT2D eigenvalue weighted by molar-refractivity contribution is -0.119. The van der Waals surface area contributed by atoms with Gasteiger partial charge in [-0.05, 0) is 26.7 Å². The molecule has 0 fully saturated rings. The maximum absolute atomic E-state index is 11.3. The zero-order valence-electron chi connectivity index (χ0n) is 13.1. The van der Waals surface area contributed by atoms with Crippen molar-refractivity contribution in [2.75, 3.05) is 39.4 Å². The summed E-state index contributed by atoms with van der Waals surface area (Å²) in [6.45, 7) is 9.97. The van der Waals surface area contributed by atoms with E-state index >= 15 is 0 Å². The van der Waals surface area contributed by atoms with Gasteiger partial charge in [0.2, 0.25) is 5.91 Å². The van der Waals surface area contributed by atoms with Gasteiger partial charge in [-0.15, -0.1) is 0 Å². The smallest absolute Gasteiger partial charge is 0.241 e. The Balaban J connectivity index is 3.78. The molecule has 0 aromatic carbocycles. The van der Waals surface area contributed by atoms with Gasteiger partial charge in [-0.3, -0.25) is 4.79 Å². The number of amides is 1. The number of nitrogens with one attached hydrogen (secondary N) is 3. The van der Waals surface area contributed by atoms with E-state index in [-0.39, 0.29) is 12.5 Å². The van der Waals surface area contributed by atoms with Crippen LogP contribution in [0.25, 0.3) is 0 Å². The minimum absolute atomic E-state index is 0.0624. The number of aliphatic imine (C=N–C) groups is 1. The maximum Gasteiger partial charge on any atom is 0.241 e. The molecule has 6 nitrogen and oxygen atoms in total. The van der Waals surface area contributed by atoms with Gasteiger partial charge in [0.25, 0.3) is 0 Å². The van der Waals surface area contributed by atoms with E-state index in [4.69, 9.17) is 4.74 Å². The molecule has 0 rings (SSSR count). The van der Waals surface area contributed by atoms with Crippen LogP contribution < -0.4 is 16.0 Å². The Bertz CT molecular complexity index is 270. The Kier molecular flexibility index (Phi) is 13.2. The monoisotopic (exact) mass is 286 g/mol. The summed E-state index contributed by atoms with van der Waals surface area (Å²) in [6.07, 6.45) is 3.20. The van der Waals surface area contributed by atoms with E-state index in [0.29, 0.717) is 12.5 Å². The summed E-state index contributed by atoms with van der Waals surface area (Å²) in [7, 11) is 0. The highest BCUT2D eigenvalue weighted by Crippen LogP contribution is 1.89. The highest BCUT2D eigenvalue weighted by atomic mass is 16.5. The van der Waals surface area contributed by atoms with Crippen molar-refractivity contribution in [3.8, 4) is 0 Å². The van der Waals surface area contributed by atoms with Gasteiger partial charge in [0.15, 0.2) is 5.96 Å². The molecule has 0 aliphatic heterocycles. The van der Waals surface area contributed by atoms with Gasteiger partial charge >= 0.3 is 0 Å². The minimum atomic E-state index is -0.0624. The van der Waals surface area contributed by atoms with Crippen LogP contribution in [0.2, 0.25) is 0 Å². The van der Waals surface area contributed by atoms with Crippen molar-refractivity contribution >= 4 is 11.9 Å². The number of hydrogen-bond donors (Lipinski definition) is 3. The molecule has 0 atom stereocenters. The number of likely N-dealkylation sites (N-methyl/N-ethyl adjacent to an activating group) is 1. The maximum atomic E-state index is 11.3. The zero-order chi connectivity index (χ0) is 15.1. The third-order valence-corrected chi connectivity index (χ3v) is 2.50. The first-order valence-electron chi connectivity index (χ1n) is 7.61. The number of nitrogens with zero attached hydrogens (tertiary/aromatic N) is 1. The molecular weight excluding hydrogens is 256 g/mol. The molecule has 118 valence electrons. The summed E-state index contributed by atoms with van der Waals surface area (Å²) in [5.74, 6) is 0.611. The van der Waals surface area contributed by atoms with Crippen LogP contribution in [-0.2, 0) is 9.53 Å². The van der Waals surface area contributed by atoms with Crippen LogP contribution in [0.1, 0.15) is 40.0 Å². The first-order chi connectivity index (χ1) is 9.74. The van der Waals surface area contributed by atoms with Gasteiger partial charge in [-0.25, -0.2) is 4.99 Å². The van der Waals surface area contributed by atoms with E-state index < -0.39 is 0 Å². The molecule has 0 aromatic rings. The lowest BCUT2D eigenvalue weighted by atomic mass is 10.4. The van der Waals surface area contributed by atoms with Gasteiger partial charge < -0.3 is 20.7 Å². The molecule has 0 unspecified atom stereocenters. The third-order valence-electron chi connectivity index (χ3n) is 2.50. The molecular formula is C14H30N4O2. The van der Waals surface area contributed by atoms with Crippen molar-refractivity contribution < 1.29 is 9.53 Å². The minimum Gasteiger partial charge on any atom is -0.381 e. The first-order valence-corrected chi connectivity index (χ1v) is 7.61. The van der Waals surface area contributed by atoms with Crippen LogP contribution in [0.3, 0.4) is 0 Å². The molecule has 0 spiro atoms. The molecule has 20 heavy (non-hydrogen) atoms. The summed E-state index contributed by atoms with van der Waals surface area (Å²) in [5.41, 5.74) is 0. The summed E-state index contributed by atoms with van der Waals surface area (Å²) in [6, 6.07) is 0. The topological polar surface area (TPSA) is 74.8 Å². The third kappa shape index (κ3) is 11.8. The number of guanidine groups is 1. The molecule has 1 amide bonds. The fourth-order valence-corrected chi connectivity index (χ4v) is 1.48. The second-order valence-electron chi connectivity index (χ2n) is 4.39. The van der Waals surface area contributed by atoms with E-state index in [2.05, 4.69) is 27.9 Å². The lowest BCUT2D eigenvalue weighted by Gasteiger charge is -2.11. The number of rotatable bonds is 11. The lowest BCUT2D eigenvalue weighted by Crippen LogP contribution is -2.39. The van der Waals surface area contributed by atoms with Crippen LogP contribution in [-0.4, -0.2) is 51.3 Å².